The normalized spacial score (nSPS) is 12.6. The smallest absolute Gasteiger partial charge is 0.189 e. The summed E-state index contributed by atoms with van der Waals surface area (Å²) in [7, 11) is 5.42. The van der Waals surface area contributed by atoms with E-state index in [0.717, 1.165) is 31.0 Å². The van der Waals surface area contributed by atoms with Gasteiger partial charge in [-0.25, -0.2) is 4.99 Å². The number of nitrogens with zero attached hydrogens (tertiary/aromatic N) is 2. The van der Waals surface area contributed by atoms with Gasteiger partial charge in [0, 0.05) is 33.4 Å². The molecule has 1 rings (SSSR count). The fourth-order valence-electron chi connectivity index (χ4n) is 2.18. The molecule has 0 aliphatic carbocycles. The molecule has 0 saturated heterocycles. The Balaban J connectivity index is 0.00000625. The van der Waals surface area contributed by atoms with Crippen molar-refractivity contribution in [3.63, 3.8) is 0 Å². The van der Waals surface area contributed by atoms with Gasteiger partial charge in [0.25, 0.3) is 0 Å². The number of hydrogen-bond acceptors (Lipinski definition) is 5. The molecule has 0 bridgehead atoms. The van der Waals surface area contributed by atoms with Gasteiger partial charge in [-0.2, -0.15) is 0 Å². The number of hydrogen-bond donors (Lipinski definition) is 2. The summed E-state index contributed by atoms with van der Waals surface area (Å²) in [6, 6.07) is 8.03. The minimum atomic E-state index is 0. The summed E-state index contributed by atoms with van der Waals surface area (Å²) in [5.74, 6) is 1.25. The summed E-state index contributed by atoms with van der Waals surface area (Å²) < 4.78 is 15.9. The summed E-state index contributed by atoms with van der Waals surface area (Å²) in [6.45, 7) is 6.17. The summed E-state index contributed by atoms with van der Waals surface area (Å²) in [4.78, 5) is 6.52. The second-order valence-electron chi connectivity index (χ2n) is 5.99. The molecule has 0 aliphatic rings. The van der Waals surface area contributed by atoms with Crippen LogP contribution in [0.3, 0.4) is 0 Å². The Morgan fingerprint density at radius 3 is 2.65 bits per heavy atom. The number of nitrogens with one attached hydrogen (secondary N) is 1. The van der Waals surface area contributed by atoms with Gasteiger partial charge >= 0.3 is 0 Å². The monoisotopic (exact) mass is 480 g/mol. The third-order valence-corrected chi connectivity index (χ3v) is 3.56. The van der Waals surface area contributed by atoms with E-state index in [9.17, 15) is 0 Å². The maximum absolute atomic E-state index is 5.88. The summed E-state index contributed by atoms with van der Waals surface area (Å²) in [5.41, 5.74) is 6.93. The molecule has 1 unspecified atom stereocenters. The third-order valence-electron chi connectivity index (χ3n) is 3.56. The van der Waals surface area contributed by atoms with E-state index in [1.54, 1.807) is 14.2 Å². The van der Waals surface area contributed by atoms with E-state index in [1.807, 2.05) is 38.2 Å². The first kappa shape index (κ1) is 24.9. The first-order valence-corrected chi connectivity index (χ1v) is 8.49. The van der Waals surface area contributed by atoms with E-state index in [4.69, 9.17) is 19.9 Å². The van der Waals surface area contributed by atoms with Crippen molar-refractivity contribution in [2.75, 3.05) is 54.2 Å². The van der Waals surface area contributed by atoms with Gasteiger partial charge in [-0.15, -0.1) is 24.0 Å². The minimum absolute atomic E-state index is 0. The second kappa shape index (κ2) is 15.0. The van der Waals surface area contributed by atoms with Crippen LogP contribution in [0.5, 0.6) is 5.75 Å². The molecule has 0 fully saturated rings. The fraction of sp³-hybridized carbons (Fsp3) is 0.611. The predicted molar refractivity (Wildman–Crippen MR) is 117 cm³/mol. The largest absolute Gasteiger partial charge is 0.492 e. The van der Waals surface area contributed by atoms with E-state index >= 15 is 0 Å². The van der Waals surface area contributed by atoms with Crippen molar-refractivity contribution in [1.29, 1.82) is 0 Å². The number of nitrogens with two attached hydrogens (primary N) is 1. The molecule has 0 amide bonds. The summed E-state index contributed by atoms with van der Waals surface area (Å²) in [6.07, 6.45) is 0. The molecular weight excluding hydrogens is 447 g/mol. The standard InChI is InChI=1S/C18H32N4O3.HI/c1-15(14-24-4)21-18(19)20-13-16-6-5-7-17(12-16)25-11-9-22(2)8-10-23-3;/h5-7,12,15H,8-11,13-14H2,1-4H3,(H3,19,20,21);1H. The molecular formula is C18H33IN4O3. The third kappa shape index (κ3) is 11.5. The van der Waals surface area contributed by atoms with Crippen molar-refractivity contribution in [1.82, 2.24) is 10.2 Å². The quantitative estimate of drug-likeness (QED) is 0.269. The first-order chi connectivity index (χ1) is 12.0. The zero-order valence-corrected chi connectivity index (χ0v) is 18.6. The molecule has 0 aliphatic heterocycles. The zero-order valence-electron chi connectivity index (χ0n) is 16.2. The molecule has 1 aromatic rings. The van der Waals surface area contributed by atoms with Crippen LogP contribution in [-0.2, 0) is 16.0 Å². The van der Waals surface area contributed by atoms with Gasteiger partial charge in [-0.1, -0.05) is 12.1 Å². The van der Waals surface area contributed by atoms with Crippen LogP contribution in [0.25, 0.3) is 0 Å². The summed E-state index contributed by atoms with van der Waals surface area (Å²) in [5, 5.41) is 3.08. The van der Waals surface area contributed by atoms with Crippen LogP contribution >= 0.6 is 24.0 Å². The Bertz CT molecular complexity index is 517. The molecule has 0 heterocycles. The maximum Gasteiger partial charge on any atom is 0.189 e. The van der Waals surface area contributed by atoms with Crippen LogP contribution in [0, 0.1) is 0 Å². The molecule has 8 heteroatoms. The molecule has 0 radical (unpaired) electrons. The van der Waals surface area contributed by atoms with Crippen molar-refractivity contribution in [2.24, 2.45) is 10.7 Å². The van der Waals surface area contributed by atoms with Crippen molar-refractivity contribution in [3.05, 3.63) is 29.8 Å². The Morgan fingerprint density at radius 1 is 1.23 bits per heavy atom. The number of aliphatic imine (C=N–C) groups is 1. The number of likely N-dealkylation sites (N-methyl/N-ethyl adjacent to an activating group) is 1. The highest BCUT2D eigenvalue weighted by Crippen LogP contribution is 2.14. The van der Waals surface area contributed by atoms with Crippen molar-refractivity contribution < 1.29 is 14.2 Å². The van der Waals surface area contributed by atoms with Gasteiger partial charge in [-0.3, -0.25) is 0 Å². The number of guanidine groups is 1. The lowest BCUT2D eigenvalue weighted by molar-refractivity contribution is 0.150. The van der Waals surface area contributed by atoms with E-state index < -0.39 is 0 Å². The molecule has 3 N–H and O–H groups in total. The predicted octanol–water partition coefficient (Wildman–Crippen LogP) is 1.70. The van der Waals surface area contributed by atoms with Crippen LogP contribution < -0.4 is 15.8 Å². The minimum Gasteiger partial charge on any atom is -0.492 e. The molecule has 0 saturated carbocycles. The maximum atomic E-state index is 5.88. The van der Waals surface area contributed by atoms with E-state index in [1.165, 1.54) is 0 Å². The first-order valence-electron chi connectivity index (χ1n) is 8.49. The molecule has 0 aromatic heterocycles. The molecule has 1 atom stereocenters. The second-order valence-corrected chi connectivity index (χ2v) is 5.99. The summed E-state index contributed by atoms with van der Waals surface area (Å²) >= 11 is 0. The van der Waals surface area contributed by atoms with Crippen LogP contribution in [-0.4, -0.2) is 71.1 Å². The zero-order chi connectivity index (χ0) is 18.5. The van der Waals surface area contributed by atoms with Gasteiger partial charge < -0.3 is 30.2 Å². The van der Waals surface area contributed by atoms with Crippen LogP contribution in [0.4, 0.5) is 0 Å². The van der Waals surface area contributed by atoms with Crippen LogP contribution in [0.2, 0.25) is 0 Å². The molecule has 150 valence electrons. The average Bonchev–Trinajstić information content (AvgIpc) is 2.59. The SMILES string of the molecule is COCCN(C)CCOc1cccc(CN=C(N)NC(C)COC)c1.I. The van der Waals surface area contributed by atoms with Gasteiger partial charge in [0.15, 0.2) is 5.96 Å². The lowest BCUT2D eigenvalue weighted by Crippen LogP contribution is -2.40. The van der Waals surface area contributed by atoms with Crippen molar-refractivity contribution in [3.8, 4) is 5.75 Å². The Kier molecular flexibility index (Phi) is 14.4. The molecule has 7 nitrogen and oxygen atoms in total. The van der Waals surface area contributed by atoms with Gasteiger partial charge in [0.05, 0.1) is 19.8 Å². The average molecular weight is 480 g/mol. The molecule has 1 aromatic carbocycles. The number of halogens is 1. The Morgan fingerprint density at radius 2 is 1.96 bits per heavy atom. The molecule has 26 heavy (non-hydrogen) atoms. The fourth-order valence-corrected chi connectivity index (χ4v) is 2.18. The number of rotatable bonds is 12. The van der Waals surface area contributed by atoms with E-state index in [0.29, 0.717) is 25.7 Å². The van der Waals surface area contributed by atoms with Crippen LogP contribution in [0.1, 0.15) is 12.5 Å². The van der Waals surface area contributed by atoms with Gasteiger partial charge in [-0.05, 0) is 31.7 Å². The number of methoxy groups -OCH3 is 2. The lowest BCUT2D eigenvalue weighted by Gasteiger charge is -2.16. The highest BCUT2D eigenvalue weighted by Gasteiger charge is 2.03. The van der Waals surface area contributed by atoms with E-state index in [2.05, 4.69) is 15.2 Å². The van der Waals surface area contributed by atoms with Crippen molar-refractivity contribution >= 4 is 29.9 Å². The number of ether oxygens (including phenoxy) is 3. The van der Waals surface area contributed by atoms with Gasteiger partial charge in [0.1, 0.15) is 12.4 Å². The lowest BCUT2D eigenvalue weighted by atomic mass is 10.2. The van der Waals surface area contributed by atoms with E-state index in [-0.39, 0.29) is 30.0 Å². The molecule has 0 spiro atoms. The Hall–Kier alpha value is -1.10. The topological polar surface area (TPSA) is 81.3 Å². The highest BCUT2D eigenvalue weighted by atomic mass is 127. The van der Waals surface area contributed by atoms with Crippen molar-refractivity contribution in [2.45, 2.75) is 19.5 Å². The highest BCUT2D eigenvalue weighted by molar-refractivity contribution is 14.0. The van der Waals surface area contributed by atoms with Crippen LogP contribution in [0.15, 0.2) is 29.3 Å². The Labute approximate surface area is 174 Å². The number of benzene rings is 1. The van der Waals surface area contributed by atoms with Gasteiger partial charge in [0.2, 0.25) is 0 Å².